The summed E-state index contributed by atoms with van der Waals surface area (Å²) in [5.41, 5.74) is 4.15. The van der Waals surface area contributed by atoms with Gasteiger partial charge in [0.15, 0.2) is 0 Å². The van der Waals surface area contributed by atoms with E-state index in [2.05, 4.69) is 41.8 Å². The Hall–Kier alpha value is -3.60. The van der Waals surface area contributed by atoms with Crippen LogP contribution in [0, 0.1) is 0 Å². The zero-order chi connectivity index (χ0) is 21.4. The van der Waals surface area contributed by atoms with Crippen molar-refractivity contribution < 1.29 is 9.53 Å². The Morgan fingerprint density at radius 2 is 1.77 bits per heavy atom. The molecule has 156 valence electrons. The number of carbonyl (C=O) groups is 1. The van der Waals surface area contributed by atoms with Crippen molar-refractivity contribution in [1.29, 1.82) is 0 Å². The molecule has 1 aliphatic heterocycles. The predicted molar refractivity (Wildman–Crippen MR) is 123 cm³/mol. The van der Waals surface area contributed by atoms with E-state index in [1.165, 1.54) is 5.56 Å². The molecule has 1 aromatic heterocycles. The lowest BCUT2D eigenvalue weighted by molar-refractivity contribution is -0.117. The van der Waals surface area contributed by atoms with Gasteiger partial charge in [0.05, 0.1) is 24.2 Å². The number of hydrogen-bond acceptors (Lipinski definition) is 3. The van der Waals surface area contributed by atoms with Crippen LogP contribution in [0.1, 0.15) is 36.7 Å². The highest BCUT2D eigenvalue weighted by molar-refractivity contribution is 5.96. The molecule has 5 rings (SSSR count). The number of para-hydroxylation sites is 2. The summed E-state index contributed by atoms with van der Waals surface area (Å²) in [6.07, 6.45) is 0.446. The van der Waals surface area contributed by atoms with Crippen LogP contribution in [0.2, 0.25) is 0 Å². The molecule has 0 spiro atoms. The van der Waals surface area contributed by atoms with Crippen LogP contribution in [-0.2, 0) is 4.79 Å². The van der Waals surface area contributed by atoms with Gasteiger partial charge in [-0.3, -0.25) is 4.79 Å². The second kappa shape index (κ2) is 7.91. The number of fused-ring (bicyclic) bond motifs is 1. The second-order valence-corrected chi connectivity index (χ2v) is 8.02. The summed E-state index contributed by atoms with van der Waals surface area (Å²) < 4.78 is 7.65. The molecule has 0 bridgehead atoms. The van der Waals surface area contributed by atoms with Gasteiger partial charge in [0.25, 0.3) is 0 Å². The fourth-order valence-electron chi connectivity index (χ4n) is 4.55. The first-order valence-corrected chi connectivity index (χ1v) is 10.6. The van der Waals surface area contributed by atoms with Gasteiger partial charge in [-0.25, -0.2) is 4.98 Å². The number of nitrogens with zero attached hydrogens (tertiary/aromatic N) is 3. The number of carbonyl (C=O) groups excluding carboxylic acids is 1. The lowest BCUT2D eigenvalue weighted by Crippen LogP contribution is -2.24. The minimum Gasteiger partial charge on any atom is -0.497 e. The Labute approximate surface area is 181 Å². The molecule has 1 fully saturated rings. The molecular formula is C26H25N3O2. The van der Waals surface area contributed by atoms with Crippen LogP contribution in [0.25, 0.3) is 11.0 Å². The molecule has 3 aromatic carbocycles. The van der Waals surface area contributed by atoms with Crippen molar-refractivity contribution >= 4 is 22.6 Å². The molecule has 5 nitrogen and oxygen atoms in total. The quantitative estimate of drug-likeness (QED) is 0.455. The highest BCUT2D eigenvalue weighted by Gasteiger charge is 2.35. The van der Waals surface area contributed by atoms with E-state index in [4.69, 9.17) is 9.72 Å². The minimum absolute atomic E-state index is 0.0252. The van der Waals surface area contributed by atoms with Crippen molar-refractivity contribution in [2.45, 2.75) is 25.3 Å². The first-order chi connectivity index (χ1) is 15.2. The molecule has 0 aliphatic carbocycles. The van der Waals surface area contributed by atoms with Crippen LogP contribution >= 0.6 is 0 Å². The molecule has 0 unspecified atom stereocenters. The van der Waals surface area contributed by atoms with E-state index in [9.17, 15) is 4.79 Å². The average molecular weight is 412 g/mol. The van der Waals surface area contributed by atoms with E-state index in [1.807, 2.05) is 53.4 Å². The van der Waals surface area contributed by atoms with Gasteiger partial charge in [0, 0.05) is 30.6 Å². The van der Waals surface area contributed by atoms with Gasteiger partial charge in [-0.1, -0.05) is 48.5 Å². The zero-order valence-corrected chi connectivity index (χ0v) is 17.7. The fourth-order valence-corrected chi connectivity index (χ4v) is 4.55. The highest BCUT2D eigenvalue weighted by atomic mass is 16.5. The maximum Gasteiger partial charge on any atom is 0.227 e. The number of imidazole rings is 1. The summed E-state index contributed by atoms with van der Waals surface area (Å²) in [7, 11) is 1.64. The lowest BCUT2D eigenvalue weighted by Gasteiger charge is -2.21. The molecule has 31 heavy (non-hydrogen) atoms. The van der Waals surface area contributed by atoms with E-state index in [-0.39, 0.29) is 17.9 Å². The van der Waals surface area contributed by atoms with Crippen molar-refractivity contribution in [3.8, 4) is 5.75 Å². The SMILES string of the molecule is COc1cccc(N2C[C@H](c3nc4ccccc4n3[C@H](C)c3ccccc3)CC2=O)c1. The maximum absolute atomic E-state index is 13.0. The van der Waals surface area contributed by atoms with Gasteiger partial charge in [0.2, 0.25) is 5.91 Å². The Bertz CT molecular complexity index is 1230. The first kappa shape index (κ1) is 19.4. The van der Waals surface area contributed by atoms with E-state index in [0.29, 0.717) is 13.0 Å². The molecule has 2 heterocycles. The molecule has 4 aromatic rings. The molecule has 1 saturated heterocycles. The van der Waals surface area contributed by atoms with Crippen molar-refractivity contribution in [1.82, 2.24) is 9.55 Å². The monoisotopic (exact) mass is 411 g/mol. The summed E-state index contributed by atoms with van der Waals surface area (Å²) in [6.45, 7) is 2.81. The third-order valence-corrected chi connectivity index (χ3v) is 6.15. The van der Waals surface area contributed by atoms with Gasteiger partial charge in [-0.15, -0.1) is 0 Å². The Balaban J connectivity index is 1.55. The van der Waals surface area contributed by atoms with Crippen LogP contribution < -0.4 is 9.64 Å². The predicted octanol–water partition coefficient (Wildman–Crippen LogP) is 5.17. The smallest absolute Gasteiger partial charge is 0.227 e. The lowest BCUT2D eigenvalue weighted by atomic mass is 10.0. The molecule has 1 amide bonds. The van der Waals surface area contributed by atoms with Crippen LogP contribution in [0.4, 0.5) is 5.69 Å². The standard InChI is InChI=1S/C26H25N3O2/c1-18(19-9-4-3-5-10-19)29-24-14-7-6-13-23(24)27-26(29)20-15-25(30)28(17-20)21-11-8-12-22(16-21)31-2/h3-14,16,18,20H,15,17H2,1-2H3/t18-,20-/m1/s1. The fraction of sp³-hybridized carbons (Fsp3) is 0.231. The number of methoxy groups -OCH3 is 1. The van der Waals surface area contributed by atoms with E-state index < -0.39 is 0 Å². The molecule has 5 heteroatoms. The third kappa shape index (κ3) is 3.46. The topological polar surface area (TPSA) is 47.4 Å². The van der Waals surface area contributed by atoms with Crippen LogP contribution in [0.3, 0.4) is 0 Å². The number of anilines is 1. The minimum atomic E-state index is 0.0252. The van der Waals surface area contributed by atoms with Gasteiger partial charge < -0.3 is 14.2 Å². The van der Waals surface area contributed by atoms with Crippen LogP contribution in [0.15, 0.2) is 78.9 Å². The van der Waals surface area contributed by atoms with Crippen molar-refractivity contribution in [2.75, 3.05) is 18.6 Å². The summed E-state index contributed by atoms with van der Waals surface area (Å²) in [6, 6.07) is 26.5. The van der Waals surface area contributed by atoms with E-state index in [0.717, 1.165) is 28.3 Å². The van der Waals surface area contributed by atoms with Crippen LogP contribution in [0.5, 0.6) is 5.75 Å². The molecule has 2 atom stereocenters. The van der Waals surface area contributed by atoms with E-state index in [1.54, 1.807) is 7.11 Å². The van der Waals surface area contributed by atoms with Gasteiger partial charge >= 0.3 is 0 Å². The van der Waals surface area contributed by atoms with Gasteiger partial charge in [-0.05, 0) is 36.8 Å². The first-order valence-electron chi connectivity index (χ1n) is 10.6. The van der Waals surface area contributed by atoms with Crippen molar-refractivity contribution in [3.05, 3.63) is 90.3 Å². The zero-order valence-electron chi connectivity index (χ0n) is 17.7. The van der Waals surface area contributed by atoms with Gasteiger partial charge in [0.1, 0.15) is 11.6 Å². The molecule has 0 radical (unpaired) electrons. The summed E-state index contributed by atoms with van der Waals surface area (Å²) in [5, 5.41) is 0. The molecule has 0 N–H and O–H groups in total. The normalized spacial score (nSPS) is 17.3. The van der Waals surface area contributed by atoms with Crippen molar-refractivity contribution in [3.63, 3.8) is 0 Å². The number of amides is 1. The largest absolute Gasteiger partial charge is 0.497 e. The molecular weight excluding hydrogens is 386 g/mol. The van der Waals surface area contributed by atoms with Gasteiger partial charge in [-0.2, -0.15) is 0 Å². The number of aromatic nitrogens is 2. The number of benzene rings is 3. The maximum atomic E-state index is 13.0. The number of hydrogen-bond donors (Lipinski definition) is 0. The number of ether oxygens (including phenoxy) is 1. The van der Waals surface area contributed by atoms with E-state index >= 15 is 0 Å². The summed E-state index contributed by atoms with van der Waals surface area (Å²) in [4.78, 5) is 19.8. The Kier molecular flexibility index (Phi) is 4.94. The third-order valence-electron chi connectivity index (χ3n) is 6.15. The van der Waals surface area contributed by atoms with Crippen molar-refractivity contribution in [2.24, 2.45) is 0 Å². The molecule has 1 aliphatic rings. The summed E-state index contributed by atoms with van der Waals surface area (Å²) >= 11 is 0. The molecule has 0 saturated carbocycles. The highest BCUT2D eigenvalue weighted by Crippen LogP contribution is 2.36. The summed E-state index contributed by atoms with van der Waals surface area (Å²) in [5.74, 6) is 1.86. The van der Waals surface area contributed by atoms with Crippen LogP contribution in [-0.4, -0.2) is 29.1 Å². The Morgan fingerprint density at radius 1 is 1.00 bits per heavy atom. The Morgan fingerprint density at radius 3 is 2.58 bits per heavy atom. The second-order valence-electron chi connectivity index (χ2n) is 8.02. The number of rotatable bonds is 5. The average Bonchev–Trinajstić information content (AvgIpc) is 3.40.